The lowest BCUT2D eigenvalue weighted by molar-refractivity contribution is 0.326. The van der Waals surface area contributed by atoms with Crippen LogP contribution < -0.4 is 5.32 Å². The van der Waals surface area contributed by atoms with Gasteiger partial charge in [-0.1, -0.05) is 12.7 Å². The second-order valence-electron chi connectivity index (χ2n) is 9.51. The minimum Gasteiger partial charge on any atom is -0.382 e. The van der Waals surface area contributed by atoms with Gasteiger partial charge >= 0.3 is 0 Å². The number of likely N-dealkylation sites (tertiary alicyclic amines) is 1. The number of nitrogens with one attached hydrogen (secondary N) is 3. The van der Waals surface area contributed by atoms with E-state index in [4.69, 9.17) is 0 Å². The molecule has 0 atom stereocenters. The molecule has 0 saturated carbocycles. The Morgan fingerprint density at radius 3 is 2.66 bits per heavy atom. The van der Waals surface area contributed by atoms with Gasteiger partial charge in [-0.2, -0.15) is 5.10 Å². The molecule has 1 saturated heterocycles. The SMILES string of the molecule is C=C/C=C(\c1cc(-c2[nH]nc3ncc(-c4cncc(NC(C)C)c4)cc23)[nH]c1C)N1CCCCC1. The number of rotatable bonds is 7. The Balaban J connectivity index is 1.53. The van der Waals surface area contributed by atoms with Crippen LogP contribution >= 0.6 is 0 Å². The molecule has 0 bridgehead atoms. The van der Waals surface area contributed by atoms with Crippen molar-refractivity contribution in [3.63, 3.8) is 0 Å². The number of anilines is 1. The molecule has 180 valence electrons. The van der Waals surface area contributed by atoms with E-state index < -0.39 is 0 Å². The summed E-state index contributed by atoms with van der Waals surface area (Å²) >= 11 is 0. The third-order valence-electron chi connectivity index (χ3n) is 6.47. The van der Waals surface area contributed by atoms with Gasteiger partial charge in [0.1, 0.15) is 0 Å². The molecule has 5 rings (SSSR count). The third kappa shape index (κ3) is 4.71. The first-order valence-electron chi connectivity index (χ1n) is 12.4. The van der Waals surface area contributed by atoms with Gasteiger partial charge in [0.25, 0.3) is 0 Å². The van der Waals surface area contributed by atoms with Crippen molar-refractivity contribution in [3.05, 3.63) is 66.8 Å². The van der Waals surface area contributed by atoms with Gasteiger partial charge in [0.05, 0.1) is 17.1 Å². The maximum absolute atomic E-state index is 4.62. The van der Waals surface area contributed by atoms with E-state index in [1.165, 1.54) is 30.5 Å². The Kier molecular flexibility index (Phi) is 6.40. The zero-order valence-electron chi connectivity index (χ0n) is 20.7. The summed E-state index contributed by atoms with van der Waals surface area (Å²) in [5.74, 6) is 0. The second kappa shape index (κ2) is 9.78. The van der Waals surface area contributed by atoms with Gasteiger partial charge in [-0.25, -0.2) is 4.98 Å². The number of H-pyrrole nitrogens is 2. The van der Waals surface area contributed by atoms with Crippen LogP contribution in [0.2, 0.25) is 0 Å². The number of fused-ring (bicyclic) bond motifs is 1. The number of aryl methyl sites for hydroxylation is 1. The standard InChI is InChI=1S/C28H33N7/c1-5-9-26(35-10-7-6-8-11-35)23-14-25(32-19(23)4)27-24-13-21(16-30-28(24)34-33-27)20-12-22(17-29-15-20)31-18(2)3/h5,9,12-18,31-32H,1,6-8,10-11H2,2-4H3,(H,30,33,34)/b26-9+. The van der Waals surface area contributed by atoms with Crippen LogP contribution in [0.5, 0.6) is 0 Å². The number of aromatic amines is 2. The van der Waals surface area contributed by atoms with Crippen LogP contribution in [0, 0.1) is 6.92 Å². The average molecular weight is 468 g/mol. The molecule has 7 heteroatoms. The van der Waals surface area contributed by atoms with Gasteiger partial charge in [-0.3, -0.25) is 10.1 Å². The molecular formula is C28H33N7. The highest BCUT2D eigenvalue weighted by molar-refractivity contribution is 5.93. The Labute approximate surface area is 206 Å². The van der Waals surface area contributed by atoms with E-state index in [0.717, 1.165) is 52.4 Å². The van der Waals surface area contributed by atoms with Gasteiger partial charge in [-0.05, 0) is 64.3 Å². The number of hydrogen-bond donors (Lipinski definition) is 3. The van der Waals surface area contributed by atoms with Crippen molar-refractivity contribution in [1.82, 2.24) is 30.0 Å². The number of hydrogen-bond acceptors (Lipinski definition) is 5. The lowest BCUT2D eigenvalue weighted by Crippen LogP contribution is -2.28. The van der Waals surface area contributed by atoms with Gasteiger partial charge in [0.15, 0.2) is 5.65 Å². The van der Waals surface area contributed by atoms with Crippen LogP contribution in [-0.4, -0.2) is 49.2 Å². The minimum atomic E-state index is 0.336. The quantitative estimate of drug-likeness (QED) is 0.284. The zero-order valence-corrected chi connectivity index (χ0v) is 20.7. The summed E-state index contributed by atoms with van der Waals surface area (Å²) in [5, 5.41) is 12.1. The molecule has 4 aromatic rings. The third-order valence-corrected chi connectivity index (χ3v) is 6.47. The molecule has 35 heavy (non-hydrogen) atoms. The molecule has 7 nitrogen and oxygen atoms in total. The molecule has 0 unspecified atom stereocenters. The van der Waals surface area contributed by atoms with Crippen LogP contribution in [0.4, 0.5) is 5.69 Å². The molecule has 0 spiro atoms. The number of piperidine rings is 1. The van der Waals surface area contributed by atoms with Crippen molar-refractivity contribution in [1.29, 1.82) is 0 Å². The molecular weight excluding hydrogens is 434 g/mol. The molecule has 3 N–H and O–H groups in total. The van der Waals surface area contributed by atoms with Crippen LogP contribution in [0.1, 0.15) is 44.4 Å². The lowest BCUT2D eigenvalue weighted by Gasteiger charge is -2.31. The number of allylic oxidation sites excluding steroid dienone is 2. The smallest absolute Gasteiger partial charge is 0.181 e. The summed E-state index contributed by atoms with van der Waals surface area (Å²) < 4.78 is 0. The van der Waals surface area contributed by atoms with Gasteiger partial charge < -0.3 is 15.2 Å². The zero-order chi connectivity index (χ0) is 24.4. The summed E-state index contributed by atoms with van der Waals surface area (Å²) in [6, 6.07) is 6.80. The summed E-state index contributed by atoms with van der Waals surface area (Å²) in [4.78, 5) is 15.1. The van der Waals surface area contributed by atoms with Crippen molar-refractivity contribution in [3.8, 4) is 22.5 Å². The second-order valence-corrected chi connectivity index (χ2v) is 9.51. The van der Waals surface area contributed by atoms with Crippen LogP contribution in [-0.2, 0) is 0 Å². The molecule has 0 amide bonds. The fraction of sp³-hybridized carbons (Fsp3) is 0.321. The van der Waals surface area contributed by atoms with Gasteiger partial charge in [-0.15, -0.1) is 0 Å². The normalized spacial score (nSPS) is 14.6. The van der Waals surface area contributed by atoms with Crippen molar-refractivity contribution in [2.45, 2.75) is 46.1 Å². The van der Waals surface area contributed by atoms with E-state index in [-0.39, 0.29) is 0 Å². The van der Waals surface area contributed by atoms with Gasteiger partial charge in [0, 0.05) is 71.2 Å². The fourth-order valence-electron chi connectivity index (χ4n) is 4.84. The van der Waals surface area contributed by atoms with E-state index in [1.54, 1.807) is 0 Å². The van der Waals surface area contributed by atoms with Gasteiger partial charge in [0.2, 0.25) is 0 Å². The molecule has 0 aromatic carbocycles. The largest absolute Gasteiger partial charge is 0.382 e. The Morgan fingerprint density at radius 1 is 1.09 bits per heavy atom. The van der Waals surface area contributed by atoms with Crippen molar-refractivity contribution in [2.24, 2.45) is 0 Å². The van der Waals surface area contributed by atoms with Crippen LogP contribution in [0.25, 0.3) is 39.2 Å². The Hall–Kier alpha value is -3.87. The van der Waals surface area contributed by atoms with Crippen LogP contribution in [0.15, 0.2) is 55.5 Å². The number of nitrogens with zero attached hydrogens (tertiary/aromatic N) is 4. The van der Waals surface area contributed by atoms with E-state index >= 15 is 0 Å². The molecule has 1 aliphatic heterocycles. The molecule has 0 radical (unpaired) electrons. The summed E-state index contributed by atoms with van der Waals surface area (Å²) in [7, 11) is 0. The van der Waals surface area contributed by atoms with Crippen LogP contribution in [0.3, 0.4) is 0 Å². The monoisotopic (exact) mass is 467 g/mol. The van der Waals surface area contributed by atoms with E-state index in [2.05, 4.69) is 87.0 Å². The Bertz CT molecular complexity index is 1370. The highest BCUT2D eigenvalue weighted by Gasteiger charge is 2.20. The summed E-state index contributed by atoms with van der Waals surface area (Å²) in [6.45, 7) is 12.5. The maximum Gasteiger partial charge on any atom is 0.181 e. The van der Waals surface area contributed by atoms with E-state index in [0.29, 0.717) is 11.7 Å². The first-order chi connectivity index (χ1) is 17.0. The maximum atomic E-state index is 4.62. The predicted octanol–water partition coefficient (Wildman–Crippen LogP) is 6.16. The highest BCUT2D eigenvalue weighted by atomic mass is 15.2. The first kappa shape index (κ1) is 22.9. The first-order valence-corrected chi connectivity index (χ1v) is 12.4. The van der Waals surface area contributed by atoms with E-state index in [1.807, 2.05) is 24.7 Å². The van der Waals surface area contributed by atoms with Crippen molar-refractivity contribution < 1.29 is 0 Å². The van der Waals surface area contributed by atoms with E-state index in [9.17, 15) is 0 Å². The molecule has 1 aliphatic rings. The van der Waals surface area contributed by atoms with Crippen molar-refractivity contribution >= 4 is 22.4 Å². The highest BCUT2D eigenvalue weighted by Crippen LogP contribution is 2.33. The van der Waals surface area contributed by atoms with Crippen molar-refractivity contribution in [2.75, 3.05) is 18.4 Å². The number of aromatic nitrogens is 5. The molecule has 1 fully saturated rings. The predicted molar refractivity (Wildman–Crippen MR) is 144 cm³/mol. The average Bonchev–Trinajstić information content (AvgIpc) is 3.45. The minimum absolute atomic E-state index is 0.336. The topological polar surface area (TPSA) is 85.5 Å². The fourth-order valence-corrected chi connectivity index (χ4v) is 4.84. The Morgan fingerprint density at radius 2 is 1.89 bits per heavy atom. The molecule has 5 heterocycles. The summed E-state index contributed by atoms with van der Waals surface area (Å²) in [6.07, 6.45) is 13.3. The lowest BCUT2D eigenvalue weighted by atomic mass is 10.0. The molecule has 4 aromatic heterocycles. The number of pyridine rings is 2. The summed E-state index contributed by atoms with van der Waals surface area (Å²) in [5.41, 5.74) is 9.19. The molecule has 0 aliphatic carbocycles.